The van der Waals surface area contributed by atoms with Crippen LogP contribution in [-0.4, -0.2) is 34.1 Å². The van der Waals surface area contributed by atoms with Crippen LogP contribution >= 0.6 is 12.4 Å². The van der Waals surface area contributed by atoms with Crippen LogP contribution in [0.4, 0.5) is 0 Å². The zero-order valence-corrected chi connectivity index (χ0v) is 10.7. The van der Waals surface area contributed by atoms with Crippen molar-refractivity contribution in [1.29, 1.82) is 0 Å². The molecule has 1 heterocycles. The van der Waals surface area contributed by atoms with Gasteiger partial charge in [0.1, 0.15) is 0 Å². The summed E-state index contributed by atoms with van der Waals surface area (Å²) in [5.74, 6) is 0.393. The molecule has 0 radical (unpaired) electrons. The number of hydrogen-bond donors (Lipinski definition) is 3. The lowest BCUT2D eigenvalue weighted by molar-refractivity contribution is 0.326. The van der Waals surface area contributed by atoms with Gasteiger partial charge < -0.3 is 5.32 Å². The van der Waals surface area contributed by atoms with Crippen molar-refractivity contribution < 1.29 is 8.42 Å². The molecule has 7 heteroatoms. The van der Waals surface area contributed by atoms with Gasteiger partial charge in [0.05, 0.1) is 0 Å². The molecule has 0 bridgehead atoms. The molecule has 0 spiro atoms. The third-order valence-electron chi connectivity index (χ3n) is 2.47. The van der Waals surface area contributed by atoms with Crippen LogP contribution in [-0.2, 0) is 10.2 Å². The standard InChI is InChI=1S/C8H19N3O2S.ClH/c1-3-10-14(12,13)11-8-6-9-5-4-7(8)2;/h7-11H,3-6H2,1-2H3;1H. The third kappa shape index (κ3) is 5.12. The molecule has 1 aliphatic rings. The van der Waals surface area contributed by atoms with Crippen LogP contribution in [0.5, 0.6) is 0 Å². The molecule has 0 aromatic heterocycles. The van der Waals surface area contributed by atoms with Crippen LogP contribution in [0.3, 0.4) is 0 Å². The number of halogens is 1. The first kappa shape index (κ1) is 15.1. The molecule has 1 fully saturated rings. The van der Waals surface area contributed by atoms with E-state index in [-0.39, 0.29) is 18.4 Å². The second kappa shape index (κ2) is 6.65. The van der Waals surface area contributed by atoms with Gasteiger partial charge in [0, 0.05) is 19.1 Å². The van der Waals surface area contributed by atoms with Crippen molar-refractivity contribution in [2.45, 2.75) is 26.3 Å². The summed E-state index contributed by atoms with van der Waals surface area (Å²) >= 11 is 0. The summed E-state index contributed by atoms with van der Waals surface area (Å²) in [6.45, 7) is 5.94. The van der Waals surface area contributed by atoms with Crippen molar-refractivity contribution in [2.75, 3.05) is 19.6 Å². The van der Waals surface area contributed by atoms with E-state index in [1.807, 2.05) is 0 Å². The minimum absolute atomic E-state index is 0. The van der Waals surface area contributed by atoms with Crippen LogP contribution in [0.25, 0.3) is 0 Å². The Kier molecular flexibility index (Phi) is 6.70. The smallest absolute Gasteiger partial charge is 0.277 e. The lowest BCUT2D eigenvalue weighted by Gasteiger charge is -2.29. The minimum atomic E-state index is -3.30. The van der Waals surface area contributed by atoms with E-state index in [1.165, 1.54) is 0 Å². The van der Waals surface area contributed by atoms with Crippen LogP contribution in [0.1, 0.15) is 20.3 Å². The fourth-order valence-corrected chi connectivity index (χ4v) is 2.76. The number of piperidine rings is 1. The molecule has 3 N–H and O–H groups in total. The highest BCUT2D eigenvalue weighted by Crippen LogP contribution is 2.11. The van der Waals surface area contributed by atoms with Gasteiger partial charge in [-0.3, -0.25) is 0 Å². The summed E-state index contributed by atoms with van der Waals surface area (Å²) in [6, 6.07) is 0.00722. The van der Waals surface area contributed by atoms with E-state index in [4.69, 9.17) is 0 Å². The lowest BCUT2D eigenvalue weighted by Crippen LogP contribution is -2.52. The first-order valence-corrected chi connectivity index (χ1v) is 6.51. The summed E-state index contributed by atoms with van der Waals surface area (Å²) in [5, 5.41) is 3.18. The van der Waals surface area contributed by atoms with Crippen molar-refractivity contribution in [1.82, 2.24) is 14.8 Å². The van der Waals surface area contributed by atoms with Crippen molar-refractivity contribution >= 4 is 22.6 Å². The first-order chi connectivity index (χ1) is 6.55. The van der Waals surface area contributed by atoms with Crippen LogP contribution in [0.2, 0.25) is 0 Å². The predicted molar refractivity (Wildman–Crippen MR) is 63.4 cm³/mol. The minimum Gasteiger partial charge on any atom is -0.315 e. The largest absolute Gasteiger partial charge is 0.315 e. The molecule has 92 valence electrons. The summed E-state index contributed by atoms with van der Waals surface area (Å²) < 4.78 is 27.9. The Labute approximate surface area is 98.0 Å². The molecule has 1 rings (SSSR count). The van der Waals surface area contributed by atoms with Gasteiger partial charge in [-0.05, 0) is 18.9 Å². The molecule has 2 atom stereocenters. The van der Waals surface area contributed by atoms with Gasteiger partial charge >= 0.3 is 0 Å². The van der Waals surface area contributed by atoms with Gasteiger partial charge in [-0.25, -0.2) is 4.72 Å². The summed E-state index contributed by atoms with van der Waals surface area (Å²) in [4.78, 5) is 0. The Bertz CT molecular complexity index is 271. The fourth-order valence-electron chi connectivity index (χ4n) is 1.58. The molecule has 0 aliphatic carbocycles. The Balaban J connectivity index is 0.00000196. The molecule has 2 unspecified atom stereocenters. The van der Waals surface area contributed by atoms with E-state index in [0.29, 0.717) is 19.0 Å². The normalized spacial score (nSPS) is 27.1. The molecule has 0 saturated carbocycles. The summed E-state index contributed by atoms with van der Waals surface area (Å²) in [6.07, 6.45) is 1.01. The predicted octanol–water partition coefficient (Wildman–Crippen LogP) is -0.150. The molecule has 0 aromatic rings. The maximum atomic E-state index is 11.4. The monoisotopic (exact) mass is 257 g/mol. The lowest BCUT2D eigenvalue weighted by atomic mass is 9.96. The van der Waals surface area contributed by atoms with Crippen molar-refractivity contribution in [2.24, 2.45) is 5.92 Å². The van der Waals surface area contributed by atoms with Crippen LogP contribution in [0, 0.1) is 5.92 Å². The molecule has 1 aliphatic heterocycles. The van der Waals surface area contributed by atoms with E-state index in [9.17, 15) is 8.42 Å². The first-order valence-electron chi connectivity index (χ1n) is 5.03. The molecular formula is C8H20ClN3O2S. The van der Waals surface area contributed by atoms with Gasteiger partial charge in [-0.15, -0.1) is 12.4 Å². The topological polar surface area (TPSA) is 70.2 Å². The molecule has 0 amide bonds. The van der Waals surface area contributed by atoms with Crippen molar-refractivity contribution in [3.8, 4) is 0 Å². The second-order valence-corrected chi connectivity index (χ2v) is 5.23. The van der Waals surface area contributed by atoms with Crippen LogP contribution < -0.4 is 14.8 Å². The van der Waals surface area contributed by atoms with Gasteiger partial charge in [-0.2, -0.15) is 13.1 Å². The van der Waals surface area contributed by atoms with Gasteiger partial charge in [0.15, 0.2) is 0 Å². The van der Waals surface area contributed by atoms with E-state index in [0.717, 1.165) is 13.0 Å². The Morgan fingerprint density at radius 2 is 2.13 bits per heavy atom. The van der Waals surface area contributed by atoms with E-state index in [1.54, 1.807) is 6.92 Å². The zero-order chi connectivity index (χ0) is 10.6. The van der Waals surface area contributed by atoms with E-state index < -0.39 is 10.2 Å². The highest BCUT2D eigenvalue weighted by atomic mass is 35.5. The quantitative estimate of drug-likeness (QED) is 0.656. The average molecular weight is 258 g/mol. The van der Waals surface area contributed by atoms with Gasteiger partial charge in [0.2, 0.25) is 0 Å². The highest BCUT2D eigenvalue weighted by Gasteiger charge is 2.24. The van der Waals surface area contributed by atoms with E-state index in [2.05, 4.69) is 21.7 Å². The highest BCUT2D eigenvalue weighted by molar-refractivity contribution is 7.87. The van der Waals surface area contributed by atoms with Gasteiger partial charge in [0.25, 0.3) is 10.2 Å². The molecular weight excluding hydrogens is 238 g/mol. The van der Waals surface area contributed by atoms with E-state index >= 15 is 0 Å². The third-order valence-corrected chi connectivity index (χ3v) is 3.75. The number of nitrogens with one attached hydrogen (secondary N) is 3. The zero-order valence-electron chi connectivity index (χ0n) is 9.12. The number of rotatable bonds is 4. The second-order valence-electron chi connectivity index (χ2n) is 3.70. The Hall–Kier alpha value is 0.120. The van der Waals surface area contributed by atoms with Crippen molar-refractivity contribution in [3.63, 3.8) is 0 Å². The maximum absolute atomic E-state index is 11.4. The maximum Gasteiger partial charge on any atom is 0.277 e. The average Bonchev–Trinajstić information content (AvgIpc) is 2.08. The van der Waals surface area contributed by atoms with Crippen molar-refractivity contribution in [3.05, 3.63) is 0 Å². The Morgan fingerprint density at radius 1 is 1.47 bits per heavy atom. The fraction of sp³-hybridized carbons (Fsp3) is 1.00. The van der Waals surface area contributed by atoms with Gasteiger partial charge in [-0.1, -0.05) is 13.8 Å². The SMILES string of the molecule is CCNS(=O)(=O)NC1CNCCC1C.Cl. The molecule has 5 nitrogen and oxygen atoms in total. The summed E-state index contributed by atoms with van der Waals surface area (Å²) in [7, 11) is -3.30. The Morgan fingerprint density at radius 3 is 2.67 bits per heavy atom. The molecule has 15 heavy (non-hydrogen) atoms. The molecule has 0 aromatic carbocycles. The van der Waals surface area contributed by atoms with Crippen LogP contribution in [0.15, 0.2) is 0 Å². The number of hydrogen-bond acceptors (Lipinski definition) is 3. The molecule has 1 saturated heterocycles. The summed E-state index contributed by atoms with van der Waals surface area (Å²) in [5.41, 5.74) is 0.